The molecule has 4 rings (SSSR count). The fourth-order valence-electron chi connectivity index (χ4n) is 4.06. The molecule has 0 unspecified atom stereocenters. The van der Waals surface area contributed by atoms with E-state index in [-0.39, 0.29) is 17.7 Å². The number of piperidine rings is 1. The molecule has 2 amide bonds. The topological polar surface area (TPSA) is 62.3 Å². The van der Waals surface area contributed by atoms with Crippen LogP contribution in [0.25, 0.3) is 11.1 Å². The maximum absolute atomic E-state index is 13.0. The standard InChI is InChI=1S/C28H29N3O2S/c1-3-4-6-11-26(32)31-16-14-22(15-17-31)28-30-25(19-34-28)27(33)29-24-13-12-20(2)18-23(24)21-9-7-5-8-10-21/h5,7-10,12-13,18-19,22H,3-4,14-17H2,1-2H3,(H,29,33). The molecule has 1 aliphatic rings. The molecule has 3 aromatic rings. The van der Waals surface area contributed by atoms with Gasteiger partial charge in [0, 0.05) is 42.1 Å². The second kappa shape index (κ2) is 11.1. The van der Waals surface area contributed by atoms with Crippen molar-refractivity contribution < 1.29 is 9.59 Å². The molecule has 34 heavy (non-hydrogen) atoms. The molecule has 1 aromatic heterocycles. The maximum Gasteiger partial charge on any atom is 0.298 e. The van der Waals surface area contributed by atoms with Crippen LogP contribution in [0.15, 0.2) is 53.9 Å². The molecule has 1 fully saturated rings. The maximum atomic E-state index is 13.0. The molecule has 2 heterocycles. The zero-order valence-electron chi connectivity index (χ0n) is 19.6. The number of carbonyl (C=O) groups is 2. The summed E-state index contributed by atoms with van der Waals surface area (Å²) in [5, 5.41) is 5.84. The van der Waals surface area contributed by atoms with Gasteiger partial charge >= 0.3 is 0 Å². The van der Waals surface area contributed by atoms with E-state index >= 15 is 0 Å². The summed E-state index contributed by atoms with van der Waals surface area (Å²) in [6, 6.07) is 16.1. The van der Waals surface area contributed by atoms with E-state index in [0.29, 0.717) is 18.8 Å². The van der Waals surface area contributed by atoms with E-state index in [4.69, 9.17) is 0 Å². The van der Waals surface area contributed by atoms with Gasteiger partial charge in [-0.1, -0.05) is 54.8 Å². The van der Waals surface area contributed by atoms with Crippen molar-refractivity contribution >= 4 is 28.8 Å². The van der Waals surface area contributed by atoms with Crippen molar-refractivity contribution in [2.45, 2.75) is 45.4 Å². The van der Waals surface area contributed by atoms with Crippen LogP contribution in [-0.4, -0.2) is 34.8 Å². The number of hydrogen-bond donors (Lipinski definition) is 1. The Bertz CT molecular complexity index is 1220. The number of benzene rings is 2. The molecule has 0 saturated carbocycles. The van der Waals surface area contributed by atoms with Gasteiger partial charge in [0.05, 0.1) is 5.01 Å². The zero-order valence-corrected chi connectivity index (χ0v) is 20.5. The quantitative estimate of drug-likeness (QED) is 0.473. The number of nitrogens with zero attached hydrogens (tertiary/aromatic N) is 2. The lowest BCUT2D eigenvalue weighted by atomic mass is 9.97. The number of hydrogen-bond acceptors (Lipinski definition) is 4. The highest BCUT2D eigenvalue weighted by Crippen LogP contribution is 2.32. The van der Waals surface area contributed by atoms with Crippen LogP contribution in [0.4, 0.5) is 5.69 Å². The first-order valence-corrected chi connectivity index (χ1v) is 12.6. The van der Waals surface area contributed by atoms with Crippen LogP contribution >= 0.6 is 11.3 Å². The Hall–Kier alpha value is -3.43. The van der Waals surface area contributed by atoms with Crippen molar-refractivity contribution in [3.05, 3.63) is 70.2 Å². The molecular formula is C28H29N3O2S. The number of carbonyl (C=O) groups excluding carboxylic acids is 2. The molecule has 1 N–H and O–H groups in total. The Labute approximate surface area is 205 Å². The Morgan fingerprint density at radius 1 is 1.15 bits per heavy atom. The number of unbranched alkanes of at least 4 members (excludes halogenated alkanes) is 1. The summed E-state index contributed by atoms with van der Waals surface area (Å²) in [6.45, 7) is 5.45. The number of aryl methyl sites for hydroxylation is 1. The van der Waals surface area contributed by atoms with Crippen molar-refractivity contribution in [2.24, 2.45) is 0 Å². The van der Waals surface area contributed by atoms with Crippen LogP contribution in [-0.2, 0) is 4.79 Å². The van der Waals surface area contributed by atoms with Crippen molar-refractivity contribution in [1.29, 1.82) is 0 Å². The number of thiazole rings is 1. The van der Waals surface area contributed by atoms with Gasteiger partial charge in [0.25, 0.3) is 11.8 Å². The van der Waals surface area contributed by atoms with Gasteiger partial charge in [-0.3, -0.25) is 9.59 Å². The van der Waals surface area contributed by atoms with Crippen LogP contribution in [0.3, 0.4) is 0 Å². The second-order valence-corrected chi connectivity index (χ2v) is 9.45. The van der Waals surface area contributed by atoms with Crippen molar-refractivity contribution in [1.82, 2.24) is 9.88 Å². The molecule has 174 valence electrons. The van der Waals surface area contributed by atoms with Gasteiger partial charge in [-0.2, -0.15) is 0 Å². The minimum atomic E-state index is -0.206. The third kappa shape index (κ3) is 5.73. The Morgan fingerprint density at radius 3 is 2.65 bits per heavy atom. The van der Waals surface area contributed by atoms with Gasteiger partial charge in [0.1, 0.15) is 5.69 Å². The fourth-order valence-corrected chi connectivity index (χ4v) is 5.03. The molecule has 5 nitrogen and oxygen atoms in total. The van der Waals surface area contributed by atoms with Crippen molar-refractivity contribution in [2.75, 3.05) is 18.4 Å². The minimum absolute atomic E-state index is 0.0848. The summed E-state index contributed by atoms with van der Waals surface area (Å²) in [5.74, 6) is 5.64. The lowest BCUT2D eigenvalue weighted by Crippen LogP contribution is -2.37. The Morgan fingerprint density at radius 2 is 1.91 bits per heavy atom. The first kappa shape index (κ1) is 23.7. The number of anilines is 1. The van der Waals surface area contributed by atoms with Gasteiger partial charge in [0.2, 0.25) is 0 Å². The van der Waals surface area contributed by atoms with Gasteiger partial charge < -0.3 is 10.2 Å². The van der Waals surface area contributed by atoms with E-state index in [1.54, 1.807) is 0 Å². The van der Waals surface area contributed by atoms with E-state index in [1.807, 2.05) is 59.7 Å². The van der Waals surface area contributed by atoms with Gasteiger partial charge in [0.15, 0.2) is 0 Å². The molecule has 2 aromatic carbocycles. The molecule has 0 spiro atoms. The Balaban J connectivity index is 1.41. The predicted octanol–water partition coefficient (Wildman–Crippen LogP) is 5.88. The summed E-state index contributed by atoms with van der Waals surface area (Å²) < 4.78 is 0. The SMILES string of the molecule is CCCC#CC(=O)N1CCC(c2nc(C(=O)Nc3ccc(C)cc3-c3ccccc3)cs2)CC1. The number of amides is 2. The minimum Gasteiger partial charge on any atom is -0.332 e. The first-order chi connectivity index (χ1) is 16.5. The third-order valence-electron chi connectivity index (χ3n) is 5.96. The monoisotopic (exact) mass is 471 g/mol. The molecule has 6 heteroatoms. The van der Waals surface area contributed by atoms with E-state index in [0.717, 1.165) is 53.1 Å². The average molecular weight is 472 g/mol. The highest BCUT2D eigenvalue weighted by molar-refractivity contribution is 7.10. The summed E-state index contributed by atoms with van der Waals surface area (Å²) >= 11 is 1.52. The summed E-state index contributed by atoms with van der Waals surface area (Å²) in [6.07, 6.45) is 3.39. The number of likely N-dealkylation sites (tertiary alicyclic amines) is 1. The van der Waals surface area contributed by atoms with Gasteiger partial charge in [-0.05, 0) is 49.8 Å². The molecule has 0 aliphatic carbocycles. The first-order valence-electron chi connectivity index (χ1n) is 11.8. The fraction of sp³-hybridized carbons (Fsp3) is 0.321. The van der Waals surface area contributed by atoms with E-state index in [9.17, 15) is 9.59 Å². The average Bonchev–Trinajstić information content (AvgIpc) is 3.36. The zero-order chi connectivity index (χ0) is 23.9. The third-order valence-corrected chi connectivity index (χ3v) is 6.97. The summed E-state index contributed by atoms with van der Waals surface area (Å²) in [5.41, 5.74) is 4.38. The predicted molar refractivity (Wildman–Crippen MR) is 138 cm³/mol. The summed E-state index contributed by atoms with van der Waals surface area (Å²) in [7, 11) is 0. The highest BCUT2D eigenvalue weighted by atomic mass is 32.1. The smallest absolute Gasteiger partial charge is 0.298 e. The second-order valence-electron chi connectivity index (χ2n) is 8.56. The normalized spacial score (nSPS) is 13.8. The summed E-state index contributed by atoms with van der Waals surface area (Å²) in [4.78, 5) is 31.7. The molecule has 0 radical (unpaired) electrons. The molecule has 1 aliphatic heterocycles. The van der Waals surface area contributed by atoms with E-state index in [1.165, 1.54) is 11.3 Å². The van der Waals surface area contributed by atoms with Crippen LogP contribution in [0.5, 0.6) is 0 Å². The molecular weight excluding hydrogens is 442 g/mol. The van der Waals surface area contributed by atoms with Crippen molar-refractivity contribution in [3.8, 4) is 23.0 Å². The Kier molecular flexibility index (Phi) is 7.76. The van der Waals surface area contributed by atoms with Crippen molar-refractivity contribution in [3.63, 3.8) is 0 Å². The number of rotatable bonds is 5. The lowest BCUT2D eigenvalue weighted by Gasteiger charge is -2.29. The lowest BCUT2D eigenvalue weighted by molar-refractivity contribution is -0.126. The number of nitrogens with one attached hydrogen (secondary N) is 1. The van der Waals surface area contributed by atoms with Crippen LogP contribution in [0.2, 0.25) is 0 Å². The molecule has 0 atom stereocenters. The van der Waals surface area contributed by atoms with Gasteiger partial charge in [-0.15, -0.1) is 11.3 Å². The molecule has 1 saturated heterocycles. The van der Waals surface area contributed by atoms with Crippen LogP contribution < -0.4 is 5.32 Å². The highest BCUT2D eigenvalue weighted by Gasteiger charge is 2.26. The largest absolute Gasteiger partial charge is 0.332 e. The van der Waals surface area contributed by atoms with Crippen LogP contribution in [0, 0.1) is 18.8 Å². The number of aromatic nitrogens is 1. The molecule has 0 bridgehead atoms. The van der Waals surface area contributed by atoms with E-state index < -0.39 is 0 Å². The van der Waals surface area contributed by atoms with Crippen LogP contribution in [0.1, 0.15) is 59.6 Å². The van der Waals surface area contributed by atoms with E-state index in [2.05, 4.69) is 35.1 Å². The van der Waals surface area contributed by atoms with Gasteiger partial charge in [-0.25, -0.2) is 4.98 Å².